The van der Waals surface area contributed by atoms with Crippen molar-refractivity contribution in [2.75, 3.05) is 24.5 Å². The van der Waals surface area contributed by atoms with Gasteiger partial charge in [-0.25, -0.2) is 14.6 Å². The van der Waals surface area contributed by atoms with E-state index >= 15 is 0 Å². The molecule has 3 aliphatic heterocycles. The number of aromatic carboxylic acids is 1. The Balaban J connectivity index is 1.41. The number of carboxylic acid groups (broad SMARTS) is 1. The molecule has 0 spiro atoms. The topological polar surface area (TPSA) is 128 Å². The van der Waals surface area contributed by atoms with Gasteiger partial charge in [0.2, 0.25) is 0 Å². The molecule has 7 rings (SSSR count). The van der Waals surface area contributed by atoms with Crippen LogP contribution in [0.4, 0.5) is 19.4 Å². The van der Waals surface area contributed by atoms with Gasteiger partial charge < -0.3 is 24.5 Å². The van der Waals surface area contributed by atoms with Crippen LogP contribution in [0.3, 0.4) is 0 Å². The van der Waals surface area contributed by atoms with Crippen molar-refractivity contribution in [3.05, 3.63) is 103 Å². The lowest BCUT2D eigenvalue weighted by Crippen LogP contribution is -2.53. The number of anilines is 1. The molecule has 16 heteroatoms. The molecule has 0 saturated carbocycles. The molecule has 1 aromatic carbocycles. The van der Waals surface area contributed by atoms with E-state index in [1.807, 2.05) is 0 Å². The highest BCUT2D eigenvalue weighted by Gasteiger charge is 2.38. The summed E-state index contributed by atoms with van der Waals surface area (Å²) in [5.74, 6) is -1.62. The minimum absolute atomic E-state index is 0.0106. The summed E-state index contributed by atoms with van der Waals surface area (Å²) in [4.78, 5) is 35.3. The minimum atomic E-state index is -3.12. The van der Waals surface area contributed by atoms with Gasteiger partial charge >= 0.3 is 18.7 Å². The zero-order valence-corrected chi connectivity index (χ0v) is 30.5. The number of fused-ring (bicyclic) bond motifs is 3. The smallest absolute Gasteiger partial charge is 0.416 e. The van der Waals surface area contributed by atoms with Crippen molar-refractivity contribution >= 4 is 52.4 Å². The van der Waals surface area contributed by atoms with Crippen molar-refractivity contribution in [2.45, 2.75) is 64.4 Å². The van der Waals surface area contributed by atoms with Crippen LogP contribution in [0.2, 0.25) is 10.0 Å². The number of thiophene rings is 1. The van der Waals surface area contributed by atoms with Crippen molar-refractivity contribution < 1.29 is 42.4 Å². The maximum atomic E-state index is 13.8. The number of benzene rings is 1. The Labute approximate surface area is 312 Å². The molecular weight excluding hydrogens is 741 g/mol. The fraction of sp³-hybridized carbons (Fsp3) is 0.389. The van der Waals surface area contributed by atoms with Gasteiger partial charge in [0.25, 0.3) is 0 Å². The third kappa shape index (κ3) is 8.68. The molecule has 1 amide bonds. The molecule has 11 nitrogen and oxygen atoms in total. The number of hydrogen-bond acceptors (Lipinski definition) is 9. The lowest BCUT2D eigenvalue weighted by Gasteiger charge is -2.44. The summed E-state index contributed by atoms with van der Waals surface area (Å²) in [7, 11) is 0. The van der Waals surface area contributed by atoms with Crippen LogP contribution < -0.4 is 19.1 Å². The Morgan fingerprint density at radius 2 is 1.83 bits per heavy atom. The third-order valence-electron chi connectivity index (χ3n) is 9.10. The normalized spacial score (nSPS) is 18.7. The van der Waals surface area contributed by atoms with E-state index in [-0.39, 0.29) is 51.4 Å². The zero-order chi connectivity index (χ0) is 37.1. The monoisotopic (exact) mass is 776 g/mol. The van der Waals surface area contributed by atoms with Gasteiger partial charge in [-0.3, -0.25) is 9.80 Å². The Morgan fingerprint density at radius 3 is 2.42 bits per heavy atom. The summed E-state index contributed by atoms with van der Waals surface area (Å²) < 4.78 is 43.7. The van der Waals surface area contributed by atoms with E-state index in [1.165, 1.54) is 23.1 Å². The fourth-order valence-electron chi connectivity index (χ4n) is 6.73. The summed E-state index contributed by atoms with van der Waals surface area (Å²) in [5, 5.41) is 22.7. The van der Waals surface area contributed by atoms with E-state index < -0.39 is 30.7 Å². The van der Waals surface area contributed by atoms with Crippen LogP contribution in [0.25, 0.3) is 0 Å². The Morgan fingerprint density at radius 1 is 1.10 bits per heavy atom. The molecule has 2 bridgehead atoms. The van der Waals surface area contributed by atoms with Gasteiger partial charge in [-0.1, -0.05) is 35.3 Å². The first-order chi connectivity index (χ1) is 24.9. The predicted molar refractivity (Wildman–Crippen MR) is 191 cm³/mol. The van der Waals surface area contributed by atoms with Gasteiger partial charge in [0, 0.05) is 29.1 Å². The predicted octanol–water partition coefficient (Wildman–Crippen LogP) is 7.78. The molecule has 0 aliphatic carbocycles. The molecule has 3 fully saturated rings. The lowest BCUT2D eigenvalue weighted by atomic mass is 9.85. The number of carboxylic acids is 1. The molecule has 276 valence electrons. The molecule has 4 aromatic rings. The first kappa shape index (κ1) is 37.5. The third-order valence-corrected chi connectivity index (χ3v) is 10.9. The molecule has 2 atom stereocenters. The highest BCUT2D eigenvalue weighted by molar-refractivity contribution is 7.14. The van der Waals surface area contributed by atoms with Crippen molar-refractivity contribution in [3.8, 4) is 11.5 Å². The maximum absolute atomic E-state index is 13.8. The van der Waals surface area contributed by atoms with Crippen LogP contribution in [0, 0.1) is 11.1 Å². The second-order valence-electron chi connectivity index (χ2n) is 12.9. The Bertz CT molecular complexity index is 1890. The van der Waals surface area contributed by atoms with Crippen LogP contribution in [0.1, 0.15) is 63.8 Å². The van der Waals surface area contributed by atoms with E-state index in [1.54, 1.807) is 44.3 Å². The van der Waals surface area contributed by atoms with Gasteiger partial charge in [0.15, 0.2) is 23.9 Å². The molecule has 1 N–H and O–H groups in total. The van der Waals surface area contributed by atoms with Crippen LogP contribution >= 0.6 is 34.5 Å². The van der Waals surface area contributed by atoms with E-state index in [4.69, 9.17) is 37.4 Å². The van der Waals surface area contributed by atoms with Crippen LogP contribution in [-0.2, 0) is 17.7 Å². The molecule has 0 radical (unpaired) electrons. The molecule has 52 heavy (non-hydrogen) atoms. The van der Waals surface area contributed by atoms with E-state index in [0.717, 1.165) is 49.7 Å². The SMILES string of the molecule is CC(C)Oc1cc([C@H](Cc2c(Cl)c[n+]([O-])cc2Cl)c2cc(CN(C(=O)O[C@H]3CN4CCC3CC4)c3ccccn3)sc2C(=O)O)ccc1OC(F)F. The largest absolute Gasteiger partial charge is 0.619 e. The Hall–Kier alpha value is -4.24. The second-order valence-corrected chi connectivity index (χ2v) is 14.9. The van der Waals surface area contributed by atoms with Gasteiger partial charge in [0.1, 0.15) is 26.8 Å². The van der Waals surface area contributed by atoms with Crippen LogP contribution in [-0.4, -0.2) is 65.5 Å². The minimum Gasteiger partial charge on any atom is -0.619 e. The molecule has 3 aliphatic rings. The number of alkyl halides is 2. The van der Waals surface area contributed by atoms with Crippen LogP contribution in [0.15, 0.2) is 61.1 Å². The number of aromatic nitrogens is 2. The van der Waals surface area contributed by atoms with Gasteiger partial charge in [-0.05, 0) is 93.6 Å². The number of ether oxygens (including phenoxy) is 3. The summed E-state index contributed by atoms with van der Waals surface area (Å²) in [6, 6.07) is 11.2. The van der Waals surface area contributed by atoms with E-state index in [0.29, 0.717) is 38.7 Å². The summed E-state index contributed by atoms with van der Waals surface area (Å²) >= 11 is 14.0. The number of pyridine rings is 2. The number of rotatable bonds is 13. The number of nitrogens with zero attached hydrogens (tertiary/aromatic N) is 4. The van der Waals surface area contributed by atoms with Gasteiger partial charge in [0.05, 0.1) is 12.6 Å². The summed E-state index contributed by atoms with van der Waals surface area (Å²) in [5.41, 5.74) is 1.17. The first-order valence-electron chi connectivity index (χ1n) is 16.7. The van der Waals surface area contributed by atoms with E-state index in [2.05, 4.69) is 9.88 Å². The van der Waals surface area contributed by atoms with Crippen molar-refractivity contribution in [2.24, 2.45) is 5.92 Å². The van der Waals surface area contributed by atoms with Gasteiger partial charge in [-0.2, -0.15) is 13.5 Å². The van der Waals surface area contributed by atoms with Crippen molar-refractivity contribution in [1.82, 2.24) is 9.88 Å². The number of amides is 1. The second kappa shape index (κ2) is 16.2. The highest BCUT2D eigenvalue weighted by Crippen LogP contribution is 2.42. The molecular formula is C36H36Cl2F2N4O7S. The summed E-state index contributed by atoms with van der Waals surface area (Å²) in [6.45, 7) is 2.88. The number of halogens is 4. The highest BCUT2D eigenvalue weighted by atomic mass is 35.5. The zero-order valence-electron chi connectivity index (χ0n) is 28.2. The quantitative estimate of drug-likeness (QED) is 0.107. The number of piperidine rings is 3. The Kier molecular flexibility index (Phi) is 11.7. The molecule has 6 heterocycles. The standard InChI is InChI=1S/C36H36Cl2F2N4O7S/c1-20(2)49-30-13-22(6-7-29(30)50-35(39)40)24(15-26-27(37)17-43(48)18-28(26)38)25-14-23(52-33(25)34(45)46)16-44(32-5-3-4-10-41-32)36(47)51-31-19-42-11-8-21(31)9-12-42/h3-7,10,13-14,17-18,20-21,24,31,35H,8-9,11-12,15-16,19H2,1-2H3,(H,45,46)/t24-,31-/m0/s1. The molecule has 0 unspecified atom stereocenters. The fourth-order valence-corrected chi connectivity index (χ4v) is 8.37. The maximum Gasteiger partial charge on any atom is 0.416 e. The number of carbonyl (C=O) groups is 2. The van der Waals surface area contributed by atoms with Crippen molar-refractivity contribution in [3.63, 3.8) is 0 Å². The van der Waals surface area contributed by atoms with Crippen molar-refractivity contribution in [1.29, 1.82) is 0 Å². The number of hydrogen-bond donors (Lipinski definition) is 1. The van der Waals surface area contributed by atoms with Crippen LogP contribution in [0.5, 0.6) is 11.5 Å². The molecule has 3 aromatic heterocycles. The number of carbonyl (C=O) groups excluding carboxylic acids is 1. The van der Waals surface area contributed by atoms with Gasteiger partial charge in [-0.15, -0.1) is 11.3 Å². The average Bonchev–Trinajstić information content (AvgIpc) is 3.52. The average molecular weight is 778 g/mol. The lowest BCUT2D eigenvalue weighted by molar-refractivity contribution is -0.605. The molecule has 3 saturated heterocycles. The van der Waals surface area contributed by atoms with E-state index in [9.17, 15) is 28.7 Å². The first-order valence-corrected chi connectivity index (χ1v) is 18.2. The summed E-state index contributed by atoms with van der Waals surface area (Å²) in [6.07, 6.45) is 4.44.